The summed E-state index contributed by atoms with van der Waals surface area (Å²) in [6.07, 6.45) is 0. The maximum absolute atomic E-state index is 10.8. The third kappa shape index (κ3) is 1.40. The summed E-state index contributed by atoms with van der Waals surface area (Å²) in [6, 6.07) is 9.10. The molecule has 1 atom stereocenters. The van der Waals surface area contributed by atoms with Gasteiger partial charge in [-0.15, -0.1) is 0 Å². The van der Waals surface area contributed by atoms with Crippen LogP contribution >= 0.6 is 0 Å². The molecule has 0 aliphatic carbocycles. The maximum atomic E-state index is 10.8. The lowest BCUT2D eigenvalue weighted by atomic mass is 10.2. The molecule has 1 aromatic carbocycles. The molecule has 0 aromatic heterocycles. The van der Waals surface area contributed by atoms with Crippen LogP contribution in [0.2, 0.25) is 0 Å². The van der Waals surface area contributed by atoms with Crippen LogP contribution in [0.1, 0.15) is 10.4 Å². The van der Waals surface area contributed by atoms with Gasteiger partial charge in [0.2, 0.25) is 5.91 Å². The van der Waals surface area contributed by atoms with Crippen LogP contribution in [0.5, 0.6) is 0 Å². The van der Waals surface area contributed by atoms with Crippen molar-refractivity contribution in [3.05, 3.63) is 29.8 Å². The van der Waals surface area contributed by atoms with Crippen molar-refractivity contribution >= 4 is 11.6 Å². The van der Waals surface area contributed by atoms with E-state index in [2.05, 4.69) is 6.07 Å². The molecule has 1 saturated heterocycles. The molecule has 1 aliphatic rings. The minimum absolute atomic E-state index is 0.00516. The standard InChI is InChI=1S/C10H9N3O/c11-5-9-6-13(9)8-3-1-7(2-4-8)10(12)14/h1-4,9H,6H2,(H2,12,14). The Labute approximate surface area is 81.5 Å². The molecule has 0 radical (unpaired) electrons. The molecule has 0 spiro atoms. The van der Waals surface area contributed by atoms with Gasteiger partial charge < -0.3 is 10.6 Å². The Morgan fingerprint density at radius 1 is 1.50 bits per heavy atom. The predicted molar refractivity (Wildman–Crippen MR) is 51.7 cm³/mol. The molecule has 1 unspecified atom stereocenters. The number of anilines is 1. The molecule has 1 aliphatic heterocycles. The zero-order valence-corrected chi connectivity index (χ0v) is 7.47. The van der Waals surface area contributed by atoms with Crippen molar-refractivity contribution in [1.82, 2.24) is 0 Å². The second kappa shape index (κ2) is 3.04. The van der Waals surface area contributed by atoms with Crippen LogP contribution in [0.3, 0.4) is 0 Å². The number of nitrogens with two attached hydrogens (primary N) is 1. The molecular weight excluding hydrogens is 178 g/mol. The Balaban J connectivity index is 2.16. The van der Waals surface area contributed by atoms with Crippen molar-refractivity contribution in [3.8, 4) is 6.07 Å². The van der Waals surface area contributed by atoms with Gasteiger partial charge in [0.25, 0.3) is 0 Å². The van der Waals surface area contributed by atoms with E-state index in [1.54, 1.807) is 24.3 Å². The van der Waals surface area contributed by atoms with E-state index >= 15 is 0 Å². The first-order chi connectivity index (χ1) is 6.72. The highest BCUT2D eigenvalue weighted by Gasteiger charge is 2.33. The van der Waals surface area contributed by atoms with Crippen LogP contribution in [0.25, 0.3) is 0 Å². The lowest BCUT2D eigenvalue weighted by molar-refractivity contribution is 0.100. The van der Waals surface area contributed by atoms with Crippen LogP contribution in [-0.4, -0.2) is 18.5 Å². The summed E-state index contributed by atoms with van der Waals surface area (Å²) in [6.45, 7) is 0.770. The molecule has 1 aromatic rings. The van der Waals surface area contributed by atoms with Crippen LogP contribution in [-0.2, 0) is 0 Å². The number of carbonyl (C=O) groups excluding carboxylic acids is 1. The van der Waals surface area contributed by atoms with Crippen molar-refractivity contribution in [2.75, 3.05) is 11.4 Å². The van der Waals surface area contributed by atoms with Crippen molar-refractivity contribution in [1.29, 1.82) is 5.26 Å². The van der Waals surface area contributed by atoms with Crippen LogP contribution in [0.4, 0.5) is 5.69 Å². The molecule has 14 heavy (non-hydrogen) atoms. The summed E-state index contributed by atoms with van der Waals surface area (Å²) in [5.74, 6) is -0.431. The van der Waals surface area contributed by atoms with E-state index in [0.717, 1.165) is 12.2 Å². The highest BCUT2D eigenvalue weighted by molar-refractivity contribution is 5.93. The first-order valence-corrected chi connectivity index (χ1v) is 4.28. The topological polar surface area (TPSA) is 69.9 Å². The lowest BCUT2D eigenvalue weighted by Gasteiger charge is -2.02. The molecule has 0 saturated carbocycles. The molecule has 1 amide bonds. The highest BCUT2D eigenvalue weighted by atomic mass is 16.1. The fourth-order valence-corrected chi connectivity index (χ4v) is 1.35. The molecule has 2 rings (SSSR count). The van der Waals surface area contributed by atoms with E-state index in [9.17, 15) is 4.79 Å². The Kier molecular flexibility index (Phi) is 1.86. The van der Waals surface area contributed by atoms with E-state index in [4.69, 9.17) is 11.0 Å². The Morgan fingerprint density at radius 3 is 2.57 bits per heavy atom. The van der Waals surface area contributed by atoms with E-state index in [-0.39, 0.29) is 6.04 Å². The fraction of sp³-hybridized carbons (Fsp3) is 0.200. The van der Waals surface area contributed by atoms with Gasteiger partial charge in [-0.3, -0.25) is 4.79 Å². The normalized spacial score (nSPS) is 18.8. The van der Waals surface area contributed by atoms with Gasteiger partial charge in [0.15, 0.2) is 0 Å². The number of rotatable bonds is 2. The molecule has 70 valence electrons. The number of carbonyl (C=O) groups is 1. The second-order valence-electron chi connectivity index (χ2n) is 3.21. The second-order valence-corrected chi connectivity index (χ2v) is 3.21. The van der Waals surface area contributed by atoms with E-state index in [1.807, 2.05) is 4.90 Å². The van der Waals surface area contributed by atoms with Gasteiger partial charge in [-0.1, -0.05) is 0 Å². The van der Waals surface area contributed by atoms with E-state index in [0.29, 0.717) is 5.56 Å². The van der Waals surface area contributed by atoms with Gasteiger partial charge >= 0.3 is 0 Å². The molecule has 4 nitrogen and oxygen atoms in total. The van der Waals surface area contributed by atoms with E-state index < -0.39 is 5.91 Å². The number of amides is 1. The minimum Gasteiger partial charge on any atom is -0.366 e. The van der Waals surface area contributed by atoms with Gasteiger partial charge in [-0.05, 0) is 24.3 Å². The fourth-order valence-electron chi connectivity index (χ4n) is 1.35. The number of primary amides is 1. The van der Waals surface area contributed by atoms with Crippen LogP contribution in [0, 0.1) is 11.3 Å². The summed E-state index contributed by atoms with van der Waals surface area (Å²) in [5, 5.41) is 8.61. The smallest absolute Gasteiger partial charge is 0.248 e. The molecule has 1 heterocycles. The summed E-state index contributed by atoms with van der Waals surface area (Å²) >= 11 is 0. The van der Waals surface area contributed by atoms with Crippen molar-refractivity contribution in [3.63, 3.8) is 0 Å². The average molecular weight is 187 g/mol. The van der Waals surface area contributed by atoms with Gasteiger partial charge in [0, 0.05) is 11.3 Å². The Morgan fingerprint density at radius 2 is 2.14 bits per heavy atom. The van der Waals surface area contributed by atoms with Crippen LogP contribution < -0.4 is 10.6 Å². The van der Waals surface area contributed by atoms with Gasteiger partial charge in [-0.2, -0.15) is 5.26 Å². The molecule has 2 N–H and O–H groups in total. The summed E-state index contributed by atoms with van der Waals surface area (Å²) < 4.78 is 0. The average Bonchev–Trinajstić information content (AvgIpc) is 2.97. The first kappa shape index (κ1) is 8.57. The van der Waals surface area contributed by atoms with Crippen molar-refractivity contribution in [2.24, 2.45) is 5.73 Å². The van der Waals surface area contributed by atoms with E-state index in [1.165, 1.54) is 0 Å². The van der Waals surface area contributed by atoms with Crippen molar-refractivity contribution < 1.29 is 4.79 Å². The summed E-state index contributed by atoms with van der Waals surface area (Å²) in [7, 11) is 0. The molecular formula is C10H9N3O. The lowest BCUT2D eigenvalue weighted by Crippen LogP contribution is -2.10. The zero-order chi connectivity index (χ0) is 10.1. The van der Waals surface area contributed by atoms with Crippen molar-refractivity contribution in [2.45, 2.75) is 6.04 Å². The quantitative estimate of drug-likeness (QED) is 0.685. The number of nitriles is 1. The van der Waals surface area contributed by atoms with Gasteiger partial charge in [0.05, 0.1) is 12.6 Å². The largest absolute Gasteiger partial charge is 0.366 e. The Hall–Kier alpha value is -2.02. The third-order valence-electron chi connectivity index (χ3n) is 2.24. The summed E-state index contributed by atoms with van der Waals surface area (Å²) in [4.78, 5) is 12.7. The SMILES string of the molecule is N#CC1CN1c1ccc(C(N)=O)cc1. The number of nitrogens with zero attached hydrogens (tertiary/aromatic N) is 2. The highest BCUT2D eigenvalue weighted by Crippen LogP contribution is 2.26. The first-order valence-electron chi connectivity index (χ1n) is 4.28. The molecule has 1 fully saturated rings. The number of hydrogen-bond acceptors (Lipinski definition) is 3. The third-order valence-corrected chi connectivity index (χ3v) is 2.24. The molecule has 0 bridgehead atoms. The number of hydrogen-bond donors (Lipinski definition) is 1. The minimum atomic E-state index is -0.431. The van der Waals surface area contributed by atoms with Gasteiger partial charge in [-0.25, -0.2) is 0 Å². The van der Waals surface area contributed by atoms with Crippen LogP contribution in [0.15, 0.2) is 24.3 Å². The van der Waals surface area contributed by atoms with Gasteiger partial charge in [0.1, 0.15) is 6.04 Å². The zero-order valence-electron chi connectivity index (χ0n) is 7.47. The monoisotopic (exact) mass is 187 g/mol. The summed E-state index contributed by atoms with van der Waals surface area (Å²) in [5.41, 5.74) is 6.55. The number of benzene rings is 1. The Bertz CT molecular complexity index is 404. The molecule has 4 heteroatoms. The maximum Gasteiger partial charge on any atom is 0.248 e. The predicted octanol–water partition coefficient (Wildman–Crippen LogP) is 0.498.